The van der Waals surface area contributed by atoms with Crippen molar-refractivity contribution in [2.75, 3.05) is 13.1 Å². The Hall–Kier alpha value is -0.720. The van der Waals surface area contributed by atoms with Crippen LogP contribution in [0.25, 0.3) is 0 Å². The normalized spacial score (nSPS) is 9.41. The highest BCUT2D eigenvalue weighted by molar-refractivity contribution is 14.0. The summed E-state index contributed by atoms with van der Waals surface area (Å²) in [5.74, 6) is 2.74. The van der Waals surface area contributed by atoms with E-state index in [1.165, 1.54) is 0 Å². The van der Waals surface area contributed by atoms with E-state index in [2.05, 4.69) is 29.5 Å². The van der Waals surface area contributed by atoms with Crippen molar-refractivity contribution in [1.29, 1.82) is 0 Å². The van der Waals surface area contributed by atoms with E-state index in [4.69, 9.17) is 4.42 Å². The van der Waals surface area contributed by atoms with Crippen LogP contribution in [0.5, 0.6) is 0 Å². The van der Waals surface area contributed by atoms with Crippen molar-refractivity contribution in [2.45, 2.75) is 34.2 Å². The highest BCUT2D eigenvalue weighted by Crippen LogP contribution is 2.14. The van der Waals surface area contributed by atoms with Crippen molar-refractivity contribution >= 4 is 29.9 Å². The molecule has 0 spiro atoms. The number of hydrogen-bond acceptors (Lipinski definition) is 2. The summed E-state index contributed by atoms with van der Waals surface area (Å²) >= 11 is 0. The van der Waals surface area contributed by atoms with Gasteiger partial charge >= 0.3 is 0 Å². The van der Waals surface area contributed by atoms with E-state index in [9.17, 15) is 0 Å². The first-order valence-electron chi connectivity index (χ1n) is 5.75. The van der Waals surface area contributed by atoms with E-state index < -0.39 is 0 Å². The SMILES string of the molecule is CCNC(=NCc1cc(C)oc1C)NCC.I. The molecule has 0 aliphatic carbocycles. The van der Waals surface area contributed by atoms with E-state index in [1.54, 1.807) is 0 Å². The van der Waals surface area contributed by atoms with Gasteiger partial charge in [0.05, 0.1) is 6.54 Å². The van der Waals surface area contributed by atoms with Gasteiger partial charge in [0.25, 0.3) is 0 Å². The second kappa shape index (κ2) is 8.38. The number of halogens is 1. The molecule has 0 aliphatic rings. The van der Waals surface area contributed by atoms with E-state index >= 15 is 0 Å². The monoisotopic (exact) mass is 351 g/mol. The molecule has 1 aromatic rings. The lowest BCUT2D eigenvalue weighted by Gasteiger charge is -2.08. The molecule has 4 nitrogen and oxygen atoms in total. The average Bonchev–Trinajstić information content (AvgIpc) is 2.54. The van der Waals surface area contributed by atoms with Crippen LogP contribution in [0.4, 0.5) is 0 Å². The largest absolute Gasteiger partial charge is 0.466 e. The highest BCUT2D eigenvalue weighted by Gasteiger charge is 2.03. The second-order valence-electron chi connectivity index (χ2n) is 3.66. The van der Waals surface area contributed by atoms with Crippen molar-refractivity contribution in [3.05, 3.63) is 23.2 Å². The minimum atomic E-state index is 0. The zero-order chi connectivity index (χ0) is 12.0. The smallest absolute Gasteiger partial charge is 0.191 e. The molecule has 0 aliphatic heterocycles. The predicted molar refractivity (Wildman–Crippen MR) is 82.1 cm³/mol. The van der Waals surface area contributed by atoms with Crippen LogP contribution in [0.3, 0.4) is 0 Å². The third-order valence-corrected chi connectivity index (χ3v) is 2.24. The molecule has 0 radical (unpaired) electrons. The Morgan fingerprint density at radius 1 is 1.24 bits per heavy atom. The van der Waals surface area contributed by atoms with Crippen molar-refractivity contribution in [1.82, 2.24) is 10.6 Å². The molecule has 1 heterocycles. The van der Waals surface area contributed by atoms with Gasteiger partial charge in [-0.2, -0.15) is 0 Å². The number of nitrogens with zero attached hydrogens (tertiary/aromatic N) is 1. The van der Waals surface area contributed by atoms with Crippen LogP contribution in [0, 0.1) is 13.8 Å². The number of aliphatic imine (C=N–C) groups is 1. The summed E-state index contributed by atoms with van der Waals surface area (Å²) in [5.41, 5.74) is 1.14. The summed E-state index contributed by atoms with van der Waals surface area (Å²) in [6.45, 7) is 10.4. The number of nitrogens with one attached hydrogen (secondary N) is 2. The van der Waals surface area contributed by atoms with Crippen LogP contribution in [0.2, 0.25) is 0 Å². The molecule has 0 bridgehead atoms. The molecule has 0 saturated heterocycles. The van der Waals surface area contributed by atoms with Gasteiger partial charge in [-0.05, 0) is 33.8 Å². The predicted octanol–water partition coefficient (Wildman–Crippen LogP) is 2.59. The number of aryl methyl sites for hydroxylation is 2. The van der Waals surface area contributed by atoms with Crippen molar-refractivity contribution in [3.63, 3.8) is 0 Å². The first kappa shape index (κ1) is 16.3. The lowest BCUT2D eigenvalue weighted by molar-refractivity contribution is 0.501. The lowest BCUT2D eigenvalue weighted by Crippen LogP contribution is -2.36. The van der Waals surface area contributed by atoms with Gasteiger partial charge in [-0.3, -0.25) is 0 Å². The second-order valence-corrected chi connectivity index (χ2v) is 3.66. The molecule has 1 rings (SSSR count). The fraction of sp³-hybridized carbons (Fsp3) is 0.583. The minimum Gasteiger partial charge on any atom is -0.466 e. The molecule has 0 fully saturated rings. The zero-order valence-corrected chi connectivity index (χ0v) is 13.3. The molecule has 0 aromatic carbocycles. The van der Waals surface area contributed by atoms with Crippen LogP contribution in [0.15, 0.2) is 15.5 Å². The third-order valence-electron chi connectivity index (χ3n) is 2.24. The van der Waals surface area contributed by atoms with E-state index in [0.717, 1.165) is 36.1 Å². The lowest BCUT2D eigenvalue weighted by atomic mass is 10.2. The third kappa shape index (κ3) is 5.43. The fourth-order valence-corrected chi connectivity index (χ4v) is 1.51. The first-order valence-corrected chi connectivity index (χ1v) is 5.75. The van der Waals surface area contributed by atoms with Crippen molar-refractivity contribution in [2.24, 2.45) is 4.99 Å². The van der Waals surface area contributed by atoms with Gasteiger partial charge in [0.1, 0.15) is 11.5 Å². The molecule has 1 aromatic heterocycles. The Balaban J connectivity index is 0.00000256. The van der Waals surface area contributed by atoms with Crippen LogP contribution < -0.4 is 10.6 Å². The Kier molecular flexibility index (Phi) is 8.03. The molecular weight excluding hydrogens is 329 g/mol. The van der Waals surface area contributed by atoms with E-state index in [-0.39, 0.29) is 24.0 Å². The van der Waals surface area contributed by atoms with Crippen molar-refractivity contribution < 1.29 is 4.42 Å². The van der Waals surface area contributed by atoms with E-state index in [1.807, 2.05) is 19.9 Å². The van der Waals surface area contributed by atoms with Gasteiger partial charge in [0, 0.05) is 18.7 Å². The number of hydrogen-bond donors (Lipinski definition) is 2. The molecule has 0 saturated carbocycles. The minimum absolute atomic E-state index is 0. The number of guanidine groups is 1. The van der Waals surface area contributed by atoms with Gasteiger partial charge in [0.2, 0.25) is 0 Å². The Bertz CT molecular complexity index is 353. The van der Waals surface area contributed by atoms with Crippen LogP contribution in [-0.2, 0) is 6.54 Å². The summed E-state index contributed by atoms with van der Waals surface area (Å²) < 4.78 is 5.46. The maximum absolute atomic E-state index is 5.46. The number of rotatable bonds is 4. The quantitative estimate of drug-likeness (QED) is 0.498. The van der Waals surface area contributed by atoms with Gasteiger partial charge in [-0.15, -0.1) is 24.0 Å². The van der Waals surface area contributed by atoms with Gasteiger partial charge < -0.3 is 15.1 Å². The molecule has 5 heteroatoms. The van der Waals surface area contributed by atoms with Gasteiger partial charge in [0.15, 0.2) is 5.96 Å². The van der Waals surface area contributed by atoms with Gasteiger partial charge in [-0.1, -0.05) is 0 Å². The first-order chi connectivity index (χ1) is 7.67. The molecule has 98 valence electrons. The summed E-state index contributed by atoms with van der Waals surface area (Å²) in [6, 6.07) is 2.04. The Morgan fingerprint density at radius 3 is 2.24 bits per heavy atom. The Labute approximate surface area is 120 Å². The molecule has 0 amide bonds. The highest BCUT2D eigenvalue weighted by atomic mass is 127. The van der Waals surface area contributed by atoms with Crippen LogP contribution in [0.1, 0.15) is 30.9 Å². The molecule has 0 unspecified atom stereocenters. The average molecular weight is 351 g/mol. The summed E-state index contributed by atoms with van der Waals surface area (Å²) in [4.78, 5) is 4.48. The topological polar surface area (TPSA) is 49.6 Å². The van der Waals surface area contributed by atoms with Crippen LogP contribution >= 0.6 is 24.0 Å². The summed E-state index contributed by atoms with van der Waals surface area (Å²) in [6.07, 6.45) is 0. The zero-order valence-electron chi connectivity index (χ0n) is 11.0. The van der Waals surface area contributed by atoms with Gasteiger partial charge in [-0.25, -0.2) is 4.99 Å². The number of furan rings is 1. The van der Waals surface area contributed by atoms with E-state index in [0.29, 0.717) is 6.54 Å². The summed E-state index contributed by atoms with van der Waals surface area (Å²) in [7, 11) is 0. The van der Waals surface area contributed by atoms with Crippen molar-refractivity contribution in [3.8, 4) is 0 Å². The maximum atomic E-state index is 5.46. The summed E-state index contributed by atoms with van der Waals surface area (Å²) in [5, 5.41) is 6.38. The molecule has 2 N–H and O–H groups in total. The van der Waals surface area contributed by atoms with Crippen LogP contribution in [-0.4, -0.2) is 19.0 Å². The standard InChI is InChI=1S/C12H21N3O.HI/c1-5-13-12(14-6-2)15-8-11-7-9(3)16-10(11)4;/h7H,5-6,8H2,1-4H3,(H2,13,14,15);1H. The molecular formula is C12H22IN3O. The molecule has 0 atom stereocenters. The molecule has 17 heavy (non-hydrogen) atoms. The Morgan fingerprint density at radius 2 is 1.82 bits per heavy atom. The fourth-order valence-electron chi connectivity index (χ4n) is 1.51. The maximum Gasteiger partial charge on any atom is 0.191 e.